The number of aromatic nitrogens is 1. The van der Waals surface area contributed by atoms with E-state index in [-0.39, 0.29) is 0 Å². The molecule has 1 unspecified atom stereocenters. The molecule has 3 N–H and O–H groups in total. The molecule has 1 saturated heterocycles. The third kappa shape index (κ3) is 2.52. The average Bonchev–Trinajstić information content (AvgIpc) is 2.89. The molecule has 19 heavy (non-hydrogen) atoms. The van der Waals surface area contributed by atoms with Crippen molar-refractivity contribution in [1.82, 2.24) is 9.88 Å². The van der Waals surface area contributed by atoms with Gasteiger partial charge in [-0.15, -0.1) is 0 Å². The maximum absolute atomic E-state index is 5.82. The first-order valence-electron chi connectivity index (χ1n) is 6.98. The summed E-state index contributed by atoms with van der Waals surface area (Å²) >= 11 is 0. The molecule has 0 spiro atoms. The van der Waals surface area contributed by atoms with Crippen LogP contribution < -0.4 is 5.73 Å². The summed E-state index contributed by atoms with van der Waals surface area (Å²) in [6.45, 7) is 4.34. The van der Waals surface area contributed by atoms with Gasteiger partial charge in [-0.3, -0.25) is 4.90 Å². The van der Waals surface area contributed by atoms with E-state index in [0.717, 1.165) is 32.7 Å². The van der Waals surface area contributed by atoms with E-state index in [9.17, 15) is 0 Å². The summed E-state index contributed by atoms with van der Waals surface area (Å²) in [5.41, 5.74) is 8.38. The second-order valence-corrected chi connectivity index (χ2v) is 5.03. The molecular formula is C15H21N3O. The van der Waals surface area contributed by atoms with Crippen molar-refractivity contribution in [3.63, 3.8) is 0 Å². The highest BCUT2D eigenvalue weighted by molar-refractivity contribution is 5.83. The van der Waals surface area contributed by atoms with Crippen LogP contribution in [0.2, 0.25) is 0 Å². The lowest BCUT2D eigenvalue weighted by Gasteiger charge is -2.34. The first-order chi connectivity index (χ1) is 9.40. The third-order valence-electron chi connectivity index (χ3n) is 3.91. The zero-order valence-corrected chi connectivity index (χ0v) is 11.1. The van der Waals surface area contributed by atoms with Crippen molar-refractivity contribution in [2.24, 2.45) is 5.73 Å². The van der Waals surface area contributed by atoms with E-state index in [1.165, 1.54) is 16.5 Å². The number of para-hydroxylation sites is 1. The zero-order chi connectivity index (χ0) is 13.1. The van der Waals surface area contributed by atoms with Crippen molar-refractivity contribution in [2.75, 3.05) is 32.8 Å². The van der Waals surface area contributed by atoms with Crippen molar-refractivity contribution in [3.05, 3.63) is 36.0 Å². The molecular weight excluding hydrogens is 238 g/mol. The molecule has 0 aliphatic carbocycles. The predicted octanol–water partition coefficient (Wildman–Crippen LogP) is 1.89. The largest absolute Gasteiger partial charge is 0.379 e. The maximum Gasteiger partial charge on any atom is 0.0594 e. The number of morpholine rings is 1. The second kappa shape index (κ2) is 5.74. The van der Waals surface area contributed by atoms with E-state index in [2.05, 4.69) is 40.3 Å². The number of nitrogens with two attached hydrogens (primary N) is 1. The maximum atomic E-state index is 5.82. The van der Waals surface area contributed by atoms with Crippen LogP contribution in [-0.4, -0.2) is 42.7 Å². The van der Waals surface area contributed by atoms with E-state index in [1.54, 1.807) is 0 Å². The van der Waals surface area contributed by atoms with Crippen LogP contribution in [0.4, 0.5) is 0 Å². The van der Waals surface area contributed by atoms with Crippen LogP contribution in [-0.2, 0) is 4.74 Å². The van der Waals surface area contributed by atoms with Gasteiger partial charge in [0, 0.05) is 36.2 Å². The number of hydrogen-bond acceptors (Lipinski definition) is 3. The Bertz CT molecular complexity index is 531. The Morgan fingerprint density at radius 1 is 1.26 bits per heavy atom. The molecule has 1 aliphatic heterocycles. The molecule has 102 valence electrons. The van der Waals surface area contributed by atoms with Gasteiger partial charge in [-0.25, -0.2) is 0 Å². The lowest BCUT2D eigenvalue weighted by molar-refractivity contribution is 0.0150. The first kappa shape index (κ1) is 12.7. The zero-order valence-electron chi connectivity index (χ0n) is 11.1. The van der Waals surface area contributed by atoms with E-state index in [4.69, 9.17) is 10.5 Å². The Hall–Kier alpha value is -1.36. The van der Waals surface area contributed by atoms with Crippen LogP contribution >= 0.6 is 0 Å². The van der Waals surface area contributed by atoms with Crippen molar-refractivity contribution in [2.45, 2.75) is 12.5 Å². The van der Waals surface area contributed by atoms with Gasteiger partial charge in [-0.1, -0.05) is 18.2 Å². The number of benzene rings is 1. The van der Waals surface area contributed by atoms with Crippen LogP contribution in [0.5, 0.6) is 0 Å². The van der Waals surface area contributed by atoms with Gasteiger partial charge in [0.1, 0.15) is 0 Å². The Labute approximate surface area is 113 Å². The van der Waals surface area contributed by atoms with Crippen LogP contribution in [0.15, 0.2) is 30.5 Å². The van der Waals surface area contributed by atoms with Crippen molar-refractivity contribution < 1.29 is 4.74 Å². The molecule has 2 heterocycles. The van der Waals surface area contributed by atoms with Gasteiger partial charge in [0.05, 0.1) is 13.2 Å². The molecule has 0 bridgehead atoms. The number of aromatic amines is 1. The predicted molar refractivity (Wildman–Crippen MR) is 77.1 cm³/mol. The minimum atomic E-state index is 0.394. The lowest BCUT2D eigenvalue weighted by Crippen LogP contribution is -2.39. The summed E-state index contributed by atoms with van der Waals surface area (Å²) in [4.78, 5) is 5.86. The van der Waals surface area contributed by atoms with E-state index in [0.29, 0.717) is 12.6 Å². The molecule has 1 aromatic heterocycles. The summed E-state index contributed by atoms with van der Waals surface area (Å²) in [5, 5.41) is 1.31. The minimum Gasteiger partial charge on any atom is -0.379 e. The van der Waals surface area contributed by atoms with E-state index < -0.39 is 0 Å². The van der Waals surface area contributed by atoms with Crippen molar-refractivity contribution in [1.29, 1.82) is 0 Å². The molecule has 1 fully saturated rings. The molecule has 3 rings (SSSR count). The fraction of sp³-hybridized carbons (Fsp3) is 0.467. The van der Waals surface area contributed by atoms with Gasteiger partial charge in [0.15, 0.2) is 0 Å². The summed E-state index contributed by atoms with van der Waals surface area (Å²) in [6, 6.07) is 8.86. The topological polar surface area (TPSA) is 54.3 Å². The monoisotopic (exact) mass is 259 g/mol. The molecule has 0 amide bonds. The number of ether oxygens (including phenoxy) is 1. The number of fused-ring (bicyclic) bond motifs is 1. The number of hydrogen-bond donors (Lipinski definition) is 2. The fourth-order valence-electron chi connectivity index (χ4n) is 2.95. The Morgan fingerprint density at radius 3 is 2.84 bits per heavy atom. The van der Waals surface area contributed by atoms with Crippen LogP contribution in [0, 0.1) is 0 Å². The highest BCUT2D eigenvalue weighted by atomic mass is 16.5. The number of rotatable bonds is 4. The summed E-state index contributed by atoms with van der Waals surface area (Å²) in [5.74, 6) is 0. The summed E-state index contributed by atoms with van der Waals surface area (Å²) in [7, 11) is 0. The molecule has 2 aromatic rings. The van der Waals surface area contributed by atoms with Crippen LogP contribution in [0.25, 0.3) is 10.9 Å². The van der Waals surface area contributed by atoms with Gasteiger partial charge in [-0.2, -0.15) is 0 Å². The fourth-order valence-corrected chi connectivity index (χ4v) is 2.95. The Morgan fingerprint density at radius 2 is 2.05 bits per heavy atom. The molecule has 1 aliphatic rings. The summed E-state index contributed by atoms with van der Waals surface area (Å²) in [6.07, 6.45) is 3.13. The summed E-state index contributed by atoms with van der Waals surface area (Å²) < 4.78 is 5.45. The second-order valence-electron chi connectivity index (χ2n) is 5.03. The van der Waals surface area contributed by atoms with Crippen LogP contribution in [0.3, 0.4) is 0 Å². The van der Waals surface area contributed by atoms with Crippen molar-refractivity contribution >= 4 is 10.9 Å². The highest BCUT2D eigenvalue weighted by Crippen LogP contribution is 2.30. The molecule has 4 heteroatoms. The van der Waals surface area contributed by atoms with Gasteiger partial charge >= 0.3 is 0 Å². The minimum absolute atomic E-state index is 0.394. The molecule has 4 nitrogen and oxygen atoms in total. The normalized spacial score (nSPS) is 18.8. The van der Waals surface area contributed by atoms with Gasteiger partial charge in [0.2, 0.25) is 0 Å². The lowest BCUT2D eigenvalue weighted by atomic mass is 10.0. The van der Waals surface area contributed by atoms with Gasteiger partial charge in [-0.05, 0) is 24.6 Å². The SMILES string of the molecule is NCCC(c1c[nH]c2ccccc12)N1CCOCC1. The van der Waals surface area contributed by atoms with Crippen LogP contribution in [0.1, 0.15) is 18.0 Å². The first-order valence-corrected chi connectivity index (χ1v) is 6.98. The van der Waals surface area contributed by atoms with Crippen molar-refractivity contribution in [3.8, 4) is 0 Å². The smallest absolute Gasteiger partial charge is 0.0594 e. The van der Waals surface area contributed by atoms with E-state index in [1.807, 2.05) is 0 Å². The average molecular weight is 259 g/mol. The quantitative estimate of drug-likeness (QED) is 0.881. The van der Waals surface area contributed by atoms with Gasteiger partial charge in [0.25, 0.3) is 0 Å². The highest BCUT2D eigenvalue weighted by Gasteiger charge is 2.24. The van der Waals surface area contributed by atoms with E-state index >= 15 is 0 Å². The number of nitrogens with one attached hydrogen (secondary N) is 1. The molecule has 1 atom stereocenters. The Kier molecular flexibility index (Phi) is 3.82. The third-order valence-corrected chi connectivity index (χ3v) is 3.91. The molecule has 0 radical (unpaired) electrons. The Balaban J connectivity index is 1.94. The molecule has 1 aromatic carbocycles. The standard InChI is InChI=1S/C15H21N3O/c16-6-5-15(18-7-9-19-10-8-18)13-11-17-14-4-2-1-3-12(13)14/h1-4,11,15,17H,5-10,16H2. The molecule has 0 saturated carbocycles. The number of nitrogens with zero attached hydrogens (tertiary/aromatic N) is 1. The van der Waals surface area contributed by atoms with Gasteiger partial charge < -0.3 is 15.5 Å². The number of H-pyrrole nitrogens is 1.